The minimum Gasteiger partial charge on any atom is -0.432 e. The van der Waals surface area contributed by atoms with Crippen molar-refractivity contribution in [2.24, 2.45) is 5.92 Å². The Bertz CT molecular complexity index is 307. The van der Waals surface area contributed by atoms with Crippen LogP contribution in [-0.2, 0) is 6.61 Å². The summed E-state index contributed by atoms with van der Waals surface area (Å²) in [6.45, 7) is 3.98. The zero-order valence-electron chi connectivity index (χ0n) is 9.15. The van der Waals surface area contributed by atoms with E-state index in [-0.39, 0.29) is 6.61 Å². The van der Waals surface area contributed by atoms with Crippen molar-refractivity contribution in [1.82, 2.24) is 4.98 Å². The zero-order valence-corrected chi connectivity index (χ0v) is 9.15. The number of oxazole rings is 1. The van der Waals surface area contributed by atoms with Crippen LogP contribution >= 0.6 is 0 Å². The second-order valence-electron chi connectivity index (χ2n) is 4.12. The summed E-state index contributed by atoms with van der Waals surface area (Å²) in [5.41, 5.74) is 0.608. The maximum Gasteiger partial charge on any atom is 0.297 e. The van der Waals surface area contributed by atoms with Gasteiger partial charge in [0.25, 0.3) is 6.01 Å². The van der Waals surface area contributed by atoms with Crippen molar-refractivity contribution >= 4 is 6.01 Å². The first-order valence-electron chi connectivity index (χ1n) is 5.63. The summed E-state index contributed by atoms with van der Waals surface area (Å²) in [7, 11) is 0. The molecule has 0 bridgehead atoms. The van der Waals surface area contributed by atoms with E-state index >= 15 is 0 Å². The molecule has 84 valence electrons. The second kappa shape index (κ2) is 4.66. The highest BCUT2D eigenvalue weighted by molar-refractivity contribution is 5.26. The van der Waals surface area contributed by atoms with Crippen molar-refractivity contribution in [3.05, 3.63) is 12.0 Å². The van der Waals surface area contributed by atoms with Gasteiger partial charge in [0.2, 0.25) is 0 Å². The lowest BCUT2D eigenvalue weighted by molar-refractivity contribution is 0.276. The molecule has 1 N–H and O–H groups in total. The van der Waals surface area contributed by atoms with E-state index in [1.807, 2.05) is 0 Å². The van der Waals surface area contributed by atoms with Crippen LogP contribution in [0.15, 0.2) is 10.7 Å². The predicted octanol–water partition coefficient (Wildman–Crippen LogP) is 1.79. The summed E-state index contributed by atoms with van der Waals surface area (Å²) in [6, 6.07) is 0.647. The van der Waals surface area contributed by atoms with Gasteiger partial charge in [-0.05, 0) is 25.7 Å². The molecule has 0 unspecified atom stereocenters. The minimum absolute atomic E-state index is 0.0511. The first-order valence-corrected chi connectivity index (χ1v) is 5.63. The van der Waals surface area contributed by atoms with E-state index in [0.717, 1.165) is 19.0 Å². The molecular weight excluding hydrogens is 192 g/mol. The molecule has 1 aliphatic carbocycles. The van der Waals surface area contributed by atoms with Crippen LogP contribution in [0, 0.1) is 5.92 Å². The van der Waals surface area contributed by atoms with Crippen LogP contribution in [0.2, 0.25) is 0 Å². The molecule has 0 saturated heterocycles. The van der Waals surface area contributed by atoms with E-state index in [1.54, 1.807) is 0 Å². The number of hydrogen-bond acceptors (Lipinski definition) is 4. The highest BCUT2D eigenvalue weighted by Crippen LogP contribution is 2.28. The third kappa shape index (κ3) is 2.31. The fourth-order valence-electron chi connectivity index (χ4n) is 1.84. The molecule has 15 heavy (non-hydrogen) atoms. The summed E-state index contributed by atoms with van der Waals surface area (Å²) in [5, 5.41) is 8.90. The van der Waals surface area contributed by atoms with Gasteiger partial charge in [-0.1, -0.05) is 6.42 Å². The Morgan fingerprint density at radius 2 is 2.40 bits per heavy atom. The van der Waals surface area contributed by atoms with Crippen molar-refractivity contribution in [3.63, 3.8) is 0 Å². The van der Waals surface area contributed by atoms with Gasteiger partial charge in [-0.25, -0.2) is 0 Å². The molecule has 1 heterocycles. The monoisotopic (exact) mass is 210 g/mol. The molecule has 1 aromatic rings. The normalized spacial score (nSPS) is 16.4. The van der Waals surface area contributed by atoms with Crippen molar-refractivity contribution in [2.75, 3.05) is 18.0 Å². The quantitative estimate of drug-likeness (QED) is 0.805. The lowest BCUT2D eigenvalue weighted by Crippen LogP contribution is -2.32. The molecule has 0 radical (unpaired) electrons. The highest BCUT2D eigenvalue weighted by atomic mass is 16.4. The zero-order chi connectivity index (χ0) is 10.7. The van der Waals surface area contributed by atoms with Gasteiger partial charge in [-0.3, -0.25) is 0 Å². The molecule has 0 amide bonds. The van der Waals surface area contributed by atoms with E-state index in [9.17, 15) is 0 Å². The average Bonchev–Trinajstić information content (AvgIpc) is 2.65. The molecule has 1 fully saturated rings. The minimum atomic E-state index is -0.0511. The SMILES string of the molecule is CCN(CC1CCC1)c1nc(CO)co1. The fraction of sp³-hybridized carbons (Fsp3) is 0.727. The van der Waals surface area contributed by atoms with E-state index in [0.29, 0.717) is 11.7 Å². The van der Waals surface area contributed by atoms with Crippen LogP contribution in [-0.4, -0.2) is 23.2 Å². The van der Waals surface area contributed by atoms with Crippen LogP contribution in [0.5, 0.6) is 0 Å². The van der Waals surface area contributed by atoms with E-state index < -0.39 is 0 Å². The van der Waals surface area contributed by atoms with Crippen LogP contribution < -0.4 is 4.90 Å². The van der Waals surface area contributed by atoms with Crippen molar-refractivity contribution in [2.45, 2.75) is 32.8 Å². The lowest BCUT2D eigenvalue weighted by Gasteiger charge is -2.30. The predicted molar refractivity (Wildman–Crippen MR) is 57.7 cm³/mol. The van der Waals surface area contributed by atoms with Gasteiger partial charge < -0.3 is 14.4 Å². The molecule has 4 heteroatoms. The average molecular weight is 210 g/mol. The van der Waals surface area contributed by atoms with Crippen LogP contribution in [0.4, 0.5) is 6.01 Å². The largest absolute Gasteiger partial charge is 0.432 e. The first kappa shape index (κ1) is 10.5. The molecule has 1 aliphatic rings. The molecule has 4 nitrogen and oxygen atoms in total. The molecule has 0 spiro atoms. The molecule has 2 rings (SSSR count). The van der Waals surface area contributed by atoms with Gasteiger partial charge in [-0.2, -0.15) is 4.98 Å². The van der Waals surface area contributed by atoms with E-state index in [4.69, 9.17) is 9.52 Å². The first-order chi connectivity index (χ1) is 7.33. The number of rotatable bonds is 5. The van der Waals surface area contributed by atoms with Crippen molar-refractivity contribution < 1.29 is 9.52 Å². The number of nitrogens with zero attached hydrogens (tertiary/aromatic N) is 2. The van der Waals surface area contributed by atoms with E-state index in [1.165, 1.54) is 25.5 Å². The van der Waals surface area contributed by atoms with Crippen molar-refractivity contribution in [1.29, 1.82) is 0 Å². The molecular formula is C11H18N2O2. The number of aromatic nitrogens is 1. The van der Waals surface area contributed by atoms with Crippen LogP contribution in [0.1, 0.15) is 31.9 Å². The maximum atomic E-state index is 8.90. The maximum absolute atomic E-state index is 8.90. The number of hydrogen-bond donors (Lipinski definition) is 1. The summed E-state index contributed by atoms with van der Waals surface area (Å²) >= 11 is 0. The second-order valence-corrected chi connectivity index (χ2v) is 4.12. The third-order valence-electron chi connectivity index (χ3n) is 3.06. The third-order valence-corrected chi connectivity index (χ3v) is 3.06. The Morgan fingerprint density at radius 3 is 2.87 bits per heavy atom. The van der Waals surface area contributed by atoms with Crippen LogP contribution in [0.3, 0.4) is 0 Å². The van der Waals surface area contributed by atoms with E-state index in [2.05, 4.69) is 16.8 Å². The van der Waals surface area contributed by atoms with Gasteiger partial charge in [0.15, 0.2) is 0 Å². The van der Waals surface area contributed by atoms with Gasteiger partial charge in [0, 0.05) is 13.1 Å². The Morgan fingerprint density at radius 1 is 1.60 bits per heavy atom. The van der Waals surface area contributed by atoms with Crippen molar-refractivity contribution in [3.8, 4) is 0 Å². The van der Waals surface area contributed by atoms with Gasteiger partial charge in [0.1, 0.15) is 12.0 Å². The summed E-state index contributed by atoms with van der Waals surface area (Å²) in [6.07, 6.45) is 5.53. The summed E-state index contributed by atoms with van der Waals surface area (Å²) in [4.78, 5) is 6.36. The Kier molecular flexibility index (Phi) is 3.26. The Labute approximate surface area is 89.9 Å². The Hall–Kier alpha value is -1.03. The number of anilines is 1. The summed E-state index contributed by atoms with van der Waals surface area (Å²) in [5.74, 6) is 0.800. The van der Waals surface area contributed by atoms with Gasteiger partial charge >= 0.3 is 0 Å². The van der Waals surface area contributed by atoms with Gasteiger partial charge in [0.05, 0.1) is 6.61 Å². The summed E-state index contributed by atoms with van der Waals surface area (Å²) < 4.78 is 5.33. The molecule has 1 aromatic heterocycles. The lowest BCUT2D eigenvalue weighted by atomic mass is 9.85. The highest BCUT2D eigenvalue weighted by Gasteiger charge is 2.22. The number of aliphatic hydroxyl groups excluding tert-OH is 1. The fourth-order valence-corrected chi connectivity index (χ4v) is 1.84. The molecule has 0 aromatic carbocycles. The van der Waals surface area contributed by atoms with Gasteiger partial charge in [-0.15, -0.1) is 0 Å². The molecule has 0 aliphatic heterocycles. The molecule has 0 atom stereocenters. The topological polar surface area (TPSA) is 49.5 Å². The smallest absolute Gasteiger partial charge is 0.297 e. The number of aliphatic hydroxyl groups is 1. The Balaban J connectivity index is 1.97. The standard InChI is InChI=1S/C11H18N2O2/c1-2-13(6-9-4-3-5-9)11-12-10(7-14)8-15-11/h8-9,14H,2-7H2,1H3. The molecule has 1 saturated carbocycles. The van der Waals surface area contributed by atoms with Crippen LogP contribution in [0.25, 0.3) is 0 Å².